The summed E-state index contributed by atoms with van der Waals surface area (Å²) in [5.74, 6) is 0.511. The van der Waals surface area contributed by atoms with E-state index in [1.165, 1.54) is 18.6 Å². The maximum Gasteiger partial charge on any atom is 0.416 e. The first kappa shape index (κ1) is 31.0. The van der Waals surface area contributed by atoms with Crippen molar-refractivity contribution in [3.63, 3.8) is 0 Å². The van der Waals surface area contributed by atoms with Crippen LogP contribution in [0.1, 0.15) is 48.4 Å². The predicted molar refractivity (Wildman–Crippen MR) is 142 cm³/mol. The van der Waals surface area contributed by atoms with Crippen molar-refractivity contribution in [3.05, 3.63) is 69.3 Å². The Bertz CT molecular complexity index is 1310. The van der Waals surface area contributed by atoms with Crippen LogP contribution in [-0.2, 0) is 25.3 Å². The molecule has 1 unspecified atom stereocenters. The van der Waals surface area contributed by atoms with Gasteiger partial charge in [-0.15, -0.1) is 0 Å². The van der Waals surface area contributed by atoms with Gasteiger partial charge in [-0.2, -0.15) is 31.3 Å². The molecule has 0 aliphatic carbocycles. The Morgan fingerprint density at radius 1 is 0.951 bits per heavy atom. The van der Waals surface area contributed by atoms with Crippen LogP contribution in [0, 0.1) is 0 Å². The van der Waals surface area contributed by atoms with E-state index in [-0.39, 0.29) is 53.6 Å². The molecule has 222 valence electrons. The zero-order chi connectivity index (χ0) is 29.9. The fourth-order valence-corrected chi connectivity index (χ4v) is 5.21. The van der Waals surface area contributed by atoms with Crippen molar-refractivity contribution in [2.45, 2.75) is 63.6 Å². The van der Waals surface area contributed by atoms with Gasteiger partial charge in [0.25, 0.3) is 0 Å². The molecule has 1 aromatic carbocycles. The number of aliphatic hydroxyl groups excluding tert-OH is 1. The van der Waals surface area contributed by atoms with E-state index in [1.54, 1.807) is 4.90 Å². The summed E-state index contributed by atoms with van der Waals surface area (Å²) in [5, 5.41) is 9.32. The third-order valence-electron chi connectivity index (χ3n) is 6.85. The lowest BCUT2D eigenvalue weighted by molar-refractivity contribution is -0.143. The molecule has 41 heavy (non-hydrogen) atoms. The molecule has 15 heteroatoms. The number of alkyl halides is 6. The Kier molecular flexibility index (Phi) is 9.49. The fourth-order valence-electron chi connectivity index (χ4n) is 4.88. The molecule has 0 saturated carbocycles. The Labute approximate surface area is 242 Å². The number of aliphatic hydroxyl groups is 1. The molecular weight excluding hydrogens is 597 g/mol. The van der Waals surface area contributed by atoms with Gasteiger partial charge in [-0.1, -0.05) is 18.5 Å². The fraction of sp³-hybridized carbons (Fsp3) is 0.462. The van der Waals surface area contributed by atoms with E-state index in [2.05, 4.69) is 19.9 Å². The van der Waals surface area contributed by atoms with Gasteiger partial charge >= 0.3 is 12.4 Å². The largest absolute Gasteiger partial charge is 0.416 e. The monoisotopic (exact) mass is 622 g/mol. The first-order chi connectivity index (χ1) is 19.3. The third kappa shape index (κ3) is 7.49. The summed E-state index contributed by atoms with van der Waals surface area (Å²) in [7, 11) is 0. The molecule has 1 aliphatic rings. The van der Waals surface area contributed by atoms with E-state index in [0.717, 1.165) is 5.56 Å². The average Bonchev–Trinajstić information content (AvgIpc) is 3.35. The van der Waals surface area contributed by atoms with Crippen LogP contribution in [0.25, 0.3) is 0 Å². The summed E-state index contributed by atoms with van der Waals surface area (Å²) in [4.78, 5) is 20.4. The molecule has 1 N–H and O–H groups in total. The van der Waals surface area contributed by atoms with Crippen LogP contribution in [0.15, 0.2) is 36.8 Å². The molecule has 0 bridgehead atoms. The van der Waals surface area contributed by atoms with Crippen molar-refractivity contribution < 1.29 is 31.4 Å². The summed E-state index contributed by atoms with van der Waals surface area (Å²) >= 11 is 12.4. The number of hydrogen-bond acceptors (Lipinski definition) is 7. The van der Waals surface area contributed by atoms with Crippen LogP contribution in [0.5, 0.6) is 0 Å². The van der Waals surface area contributed by atoms with E-state index in [0.29, 0.717) is 43.6 Å². The molecule has 0 spiro atoms. The summed E-state index contributed by atoms with van der Waals surface area (Å²) < 4.78 is 81.5. The molecule has 3 heterocycles. The smallest absolute Gasteiger partial charge is 0.396 e. The van der Waals surface area contributed by atoms with Gasteiger partial charge in [0.1, 0.15) is 5.02 Å². The van der Waals surface area contributed by atoms with Gasteiger partial charge in [-0.25, -0.2) is 15.0 Å². The van der Waals surface area contributed by atoms with E-state index in [9.17, 15) is 26.3 Å². The summed E-state index contributed by atoms with van der Waals surface area (Å²) in [6, 6.07) is 0.969. The van der Waals surface area contributed by atoms with Crippen LogP contribution < -0.4 is 9.80 Å². The average molecular weight is 623 g/mol. The Hall–Kier alpha value is -2.90. The van der Waals surface area contributed by atoms with Gasteiger partial charge in [0, 0.05) is 38.1 Å². The van der Waals surface area contributed by atoms with Gasteiger partial charge in [-0.05, 0) is 66.6 Å². The standard InChI is InChI=1S/C26H26Cl2F6N6O/c1-2-19-9-20(14-39(19)22-21(27)12-35-23(28)38-22)40(24-36-10-15(11-37-24)4-3-5-41)13-16-6-17(25(29,30)31)8-18(7-16)26(32,33)34/h6-8,10-12,19-20,41H,2-5,9,13-14H2,1H3/t19-,20?/m1/s1. The molecule has 3 aromatic rings. The van der Waals surface area contributed by atoms with Crippen LogP contribution in [0.2, 0.25) is 10.3 Å². The predicted octanol–water partition coefficient (Wildman–Crippen LogP) is 6.60. The van der Waals surface area contributed by atoms with Crippen LogP contribution in [0.3, 0.4) is 0 Å². The van der Waals surface area contributed by atoms with Crippen molar-refractivity contribution >= 4 is 35.0 Å². The van der Waals surface area contributed by atoms with Gasteiger partial charge in [0.2, 0.25) is 11.2 Å². The summed E-state index contributed by atoms with van der Waals surface area (Å²) in [6.07, 6.45) is -3.44. The highest BCUT2D eigenvalue weighted by molar-refractivity contribution is 6.33. The highest BCUT2D eigenvalue weighted by atomic mass is 35.5. The molecule has 4 rings (SSSR count). The number of anilines is 2. The van der Waals surface area contributed by atoms with Crippen LogP contribution in [0.4, 0.5) is 38.1 Å². The number of aryl methyl sites for hydroxylation is 1. The first-order valence-corrected chi connectivity index (χ1v) is 13.5. The zero-order valence-corrected chi connectivity index (χ0v) is 23.2. The lowest BCUT2D eigenvalue weighted by Gasteiger charge is -2.30. The van der Waals surface area contributed by atoms with Crippen molar-refractivity contribution in [1.29, 1.82) is 0 Å². The minimum absolute atomic E-state index is 0.0231. The Morgan fingerprint density at radius 3 is 2.15 bits per heavy atom. The highest BCUT2D eigenvalue weighted by Gasteiger charge is 2.39. The van der Waals surface area contributed by atoms with E-state index < -0.39 is 29.5 Å². The second-order valence-electron chi connectivity index (χ2n) is 9.68. The lowest BCUT2D eigenvalue weighted by atomic mass is 10.0. The molecule has 7 nitrogen and oxygen atoms in total. The summed E-state index contributed by atoms with van der Waals surface area (Å²) in [5.41, 5.74) is -2.27. The van der Waals surface area contributed by atoms with Gasteiger partial charge < -0.3 is 14.9 Å². The highest BCUT2D eigenvalue weighted by Crippen LogP contribution is 2.38. The molecule has 1 fully saturated rings. The molecule has 0 radical (unpaired) electrons. The van der Waals surface area contributed by atoms with Crippen molar-refractivity contribution in [2.24, 2.45) is 0 Å². The third-order valence-corrected chi connectivity index (χ3v) is 7.29. The van der Waals surface area contributed by atoms with E-state index in [4.69, 9.17) is 28.3 Å². The van der Waals surface area contributed by atoms with Crippen LogP contribution >= 0.6 is 23.2 Å². The first-order valence-electron chi connectivity index (χ1n) is 12.7. The van der Waals surface area contributed by atoms with Crippen LogP contribution in [-0.4, -0.2) is 50.3 Å². The topological polar surface area (TPSA) is 78.3 Å². The molecule has 2 atom stereocenters. The number of rotatable bonds is 9. The zero-order valence-electron chi connectivity index (χ0n) is 21.7. The number of nitrogens with zero attached hydrogens (tertiary/aromatic N) is 6. The van der Waals surface area contributed by atoms with Crippen molar-refractivity contribution in [2.75, 3.05) is 23.0 Å². The molecular formula is C26H26Cl2F6N6O. The van der Waals surface area contributed by atoms with Gasteiger partial charge in [0.15, 0.2) is 5.82 Å². The Balaban J connectivity index is 1.75. The van der Waals surface area contributed by atoms with Crippen molar-refractivity contribution in [3.8, 4) is 0 Å². The van der Waals surface area contributed by atoms with Gasteiger partial charge in [0.05, 0.1) is 23.4 Å². The number of halogens is 8. The SMILES string of the molecule is CC[C@@H]1CC(N(Cc2cc(C(F)(F)F)cc(C(F)(F)F)c2)c2ncc(CCCO)cn2)CN1c1nc(Cl)ncc1Cl. The summed E-state index contributed by atoms with van der Waals surface area (Å²) in [6.45, 7) is 1.86. The second-order valence-corrected chi connectivity index (χ2v) is 10.4. The van der Waals surface area contributed by atoms with Gasteiger partial charge in [-0.3, -0.25) is 0 Å². The molecule has 0 amide bonds. The molecule has 2 aromatic heterocycles. The maximum absolute atomic E-state index is 13.6. The Morgan fingerprint density at radius 2 is 1.59 bits per heavy atom. The second kappa shape index (κ2) is 12.5. The minimum Gasteiger partial charge on any atom is -0.396 e. The number of benzene rings is 1. The van der Waals surface area contributed by atoms with E-state index in [1.807, 2.05) is 11.8 Å². The van der Waals surface area contributed by atoms with E-state index >= 15 is 0 Å². The van der Waals surface area contributed by atoms with Crippen molar-refractivity contribution in [1.82, 2.24) is 19.9 Å². The number of hydrogen-bond donors (Lipinski definition) is 1. The minimum atomic E-state index is -4.98. The lowest BCUT2D eigenvalue weighted by Crippen LogP contribution is -2.39. The maximum atomic E-state index is 13.6. The quantitative estimate of drug-likeness (QED) is 0.213. The molecule has 1 saturated heterocycles. The molecule has 1 aliphatic heterocycles. The normalized spacial score (nSPS) is 17.8. The number of aromatic nitrogens is 4.